The lowest BCUT2D eigenvalue weighted by Crippen LogP contribution is -2.08. The first-order valence-electron chi connectivity index (χ1n) is 8.51. The molecule has 0 aliphatic heterocycles. The molecule has 26 heavy (non-hydrogen) atoms. The summed E-state index contributed by atoms with van der Waals surface area (Å²) in [6.45, 7) is 7.29. The average Bonchev–Trinajstić information content (AvgIpc) is 2.62. The lowest BCUT2D eigenvalue weighted by atomic mass is 9.89. The molecule has 0 spiro atoms. The van der Waals surface area contributed by atoms with E-state index in [2.05, 4.69) is 24.0 Å². The van der Waals surface area contributed by atoms with Gasteiger partial charge in [0.25, 0.3) is 0 Å². The summed E-state index contributed by atoms with van der Waals surface area (Å²) in [5.74, 6) is -0.112. The minimum absolute atomic E-state index is 0.112. The summed E-state index contributed by atoms with van der Waals surface area (Å²) in [5.41, 5.74) is 11.8. The zero-order valence-electron chi connectivity index (χ0n) is 15.0. The summed E-state index contributed by atoms with van der Waals surface area (Å²) >= 11 is 0. The molecule has 0 aromatic heterocycles. The number of hydrogen-bond donors (Lipinski definition) is 2. The number of carbonyl (C=O) groups excluding carboxylic acids is 1. The quantitative estimate of drug-likeness (QED) is 0.482. The minimum Gasteiger partial charge on any atom is -0.398 e. The van der Waals surface area contributed by atoms with E-state index in [-0.39, 0.29) is 5.91 Å². The molecule has 3 aromatic rings. The van der Waals surface area contributed by atoms with E-state index in [1.165, 1.54) is 6.92 Å². The van der Waals surface area contributed by atoms with Crippen LogP contribution >= 0.6 is 0 Å². The number of rotatable bonds is 4. The van der Waals surface area contributed by atoms with Crippen LogP contribution in [0, 0.1) is 6.92 Å². The second kappa shape index (κ2) is 7.28. The monoisotopic (exact) mass is 342 g/mol. The van der Waals surface area contributed by atoms with Crippen LogP contribution in [-0.4, -0.2) is 5.91 Å². The Hall–Kier alpha value is -3.33. The van der Waals surface area contributed by atoms with Crippen molar-refractivity contribution >= 4 is 34.1 Å². The summed E-state index contributed by atoms with van der Waals surface area (Å²) in [5, 5.41) is 5.12. The van der Waals surface area contributed by atoms with Gasteiger partial charge in [-0.2, -0.15) is 0 Å². The molecule has 0 heterocycles. The maximum absolute atomic E-state index is 11.7. The molecule has 1 amide bonds. The number of carbonyl (C=O) groups is 1. The van der Waals surface area contributed by atoms with Crippen molar-refractivity contribution in [3.05, 3.63) is 78.4 Å². The van der Waals surface area contributed by atoms with Gasteiger partial charge >= 0.3 is 0 Å². The fraction of sp³-hybridized carbons (Fsp3) is 0.0870. The van der Waals surface area contributed by atoms with Gasteiger partial charge in [0, 0.05) is 29.4 Å². The molecule has 3 N–H and O–H groups in total. The molecule has 0 aliphatic rings. The van der Waals surface area contributed by atoms with E-state index < -0.39 is 0 Å². The molecule has 0 saturated carbocycles. The number of nitrogen functional groups attached to an aromatic ring is 1. The predicted molar refractivity (Wildman–Crippen MR) is 112 cm³/mol. The second-order valence-electron chi connectivity index (χ2n) is 6.23. The van der Waals surface area contributed by atoms with Crippen molar-refractivity contribution in [1.29, 1.82) is 0 Å². The highest BCUT2D eigenvalue weighted by Crippen LogP contribution is 2.41. The molecule has 0 radical (unpaired) electrons. The normalized spacial score (nSPS) is 11.0. The van der Waals surface area contributed by atoms with Gasteiger partial charge in [-0.25, -0.2) is 0 Å². The van der Waals surface area contributed by atoms with Gasteiger partial charge in [-0.15, -0.1) is 0 Å². The molecule has 3 rings (SSSR count). The van der Waals surface area contributed by atoms with Crippen LogP contribution in [0.2, 0.25) is 0 Å². The number of anilines is 2. The third-order valence-corrected chi connectivity index (χ3v) is 4.44. The van der Waals surface area contributed by atoms with Gasteiger partial charge in [0.1, 0.15) is 0 Å². The van der Waals surface area contributed by atoms with E-state index in [0.717, 1.165) is 38.7 Å². The van der Waals surface area contributed by atoms with Crippen molar-refractivity contribution in [3.8, 4) is 11.1 Å². The zero-order valence-corrected chi connectivity index (χ0v) is 15.0. The minimum atomic E-state index is -0.112. The summed E-state index contributed by atoms with van der Waals surface area (Å²) in [7, 11) is 0. The lowest BCUT2D eigenvalue weighted by Gasteiger charge is -2.19. The van der Waals surface area contributed by atoms with E-state index in [4.69, 9.17) is 5.73 Å². The van der Waals surface area contributed by atoms with Gasteiger partial charge in [-0.05, 0) is 41.0 Å². The Morgan fingerprint density at radius 2 is 1.85 bits per heavy atom. The third-order valence-electron chi connectivity index (χ3n) is 4.44. The van der Waals surface area contributed by atoms with Gasteiger partial charge in [-0.3, -0.25) is 4.79 Å². The van der Waals surface area contributed by atoms with E-state index in [1.807, 2.05) is 55.5 Å². The van der Waals surface area contributed by atoms with E-state index >= 15 is 0 Å². The van der Waals surface area contributed by atoms with Gasteiger partial charge in [0.15, 0.2) is 0 Å². The van der Waals surface area contributed by atoms with Gasteiger partial charge in [-0.1, -0.05) is 61.2 Å². The van der Waals surface area contributed by atoms with Gasteiger partial charge in [0.2, 0.25) is 5.91 Å². The van der Waals surface area contributed by atoms with E-state index in [1.54, 1.807) is 6.08 Å². The first-order valence-corrected chi connectivity index (χ1v) is 8.51. The molecule has 0 unspecified atom stereocenters. The number of nitrogens with two attached hydrogens (primary N) is 1. The summed E-state index contributed by atoms with van der Waals surface area (Å²) in [6, 6.07) is 16.0. The molecule has 0 fully saturated rings. The highest BCUT2D eigenvalue weighted by molar-refractivity contribution is 6.08. The van der Waals surface area contributed by atoms with Crippen molar-refractivity contribution in [3.63, 3.8) is 0 Å². The first-order chi connectivity index (χ1) is 12.5. The van der Waals surface area contributed by atoms with Crippen molar-refractivity contribution in [2.45, 2.75) is 13.8 Å². The smallest absolute Gasteiger partial charge is 0.221 e. The largest absolute Gasteiger partial charge is 0.398 e. The molecule has 0 aliphatic carbocycles. The Morgan fingerprint density at radius 1 is 1.08 bits per heavy atom. The van der Waals surface area contributed by atoms with Crippen LogP contribution < -0.4 is 11.1 Å². The predicted octanol–water partition coefficient (Wildman–Crippen LogP) is 5.56. The maximum atomic E-state index is 11.7. The molecule has 0 bridgehead atoms. The van der Waals surface area contributed by atoms with Crippen molar-refractivity contribution in [1.82, 2.24) is 0 Å². The van der Waals surface area contributed by atoms with Crippen LogP contribution in [-0.2, 0) is 4.79 Å². The Morgan fingerprint density at radius 3 is 2.58 bits per heavy atom. The number of hydrogen-bond acceptors (Lipinski definition) is 2. The summed E-state index contributed by atoms with van der Waals surface area (Å²) in [6.07, 6.45) is 5.65. The highest BCUT2D eigenvalue weighted by atomic mass is 16.1. The molecular formula is C23H22N2O. The number of nitrogens with one attached hydrogen (secondary N) is 1. The molecular weight excluding hydrogens is 320 g/mol. The highest BCUT2D eigenvalue weighted by Gasteiger charge is 2.17. The van der Waals surface area contributed by atoms with Gasteiger partial charge in [0.05, 0.1) is 0 Å². The summed E-state index contributed by atoms with van der Waals surface area (Å²) in [4.78, 5) is 11.7. The molecule has 0 saturated heterocycles. The summed E-state index contributed by atoms with van der Waals surface area (Å²) < 4.78 is 0. The fourth-order valence-corrected chi connectivity index (χ4v) is 3.26. The standard InChI is InChI=1S/C23H22N2O/c1-4-5-8-17-12-14-21(25-16(3)26)22(15(17)2)23-19-10-7-6-9-18(19)11-13-20(23)24/h4-14H,1,24H2,2-3H3,(H,25,26)/b8-5-. The molecule has 0 atom stereocenters. The third kappa shape index (κ3) is 3.24. The van der Waals surface area contributed by atoms with Crippen LogP contribution in [0.25, 0.3) is 28.0 Å². The van der Waals surface area contributed by atoms with E-state index in [9.17, 15) is 4.79 Å². The number of benzene rings is 3. The number of fused-ring (bicyclic) bond motifs is 1. The van der Waals surface area contributed by atoms with Crippen LogP contribution in [0.5, 0.6) is 0 Å². The Balaban J connectivity index is 2.39. The topological polar surface area (TPSA) is 55.1 Å². The van der Waals surface area contributed by atoms with Crippen LogP contribution in [0.3, 0.4) is 0 Å². The molecule has 3 nitrogen and oxygen atoms in total. The van der Waals surface area contributed by atoms with Gasteiger partial charge < -0.3 is 11.1 Å². The Labute approximate surface area is 153 Å². The van der Waals surface area contributed by atoms with Crippen LogP contribution in [0.1, 0.15) is 18.1 Å². The second-order valence-corrected chi connectivity index (χ2v) is 6.23. The van der Waals surface area contributed by atoms with E-state index in [0.29, 0.717) is 5.69 Å². The SMILES string of the molecule is C=C/C=C\c1ccc(NC(C)=O)c(-c2c(N)ccc3ccccc23)c1C. The van der Waals surface area contributed by atoms with Crippen molar-refractivity contribution < 1.29 is 4.79 Å². The lowest BCUT2D eigenvalue weighted by molar-refractivity contribution is -0.114. The zero-order chi connectivity index (χ0) is 18.7. The average molecular weight is 342 g/mol. The molecule has 3 heteroatoms. The van der Waals surface area contributed by atoms with Crippen molar-refractivity contribution in [2.24, 2.45) is 0 Å². The Kier molecular flexibility index (Phi) is 4.90. The fourth-order valence-electron chi connectivity index (χ4n) is 3.26. The van der Waals surface area contributed by atoms with Crippen LogP contribution in [0.4, 0.5) is 11.4 Å². The molecule has 130 valence electrons. The first kappa shape index (κ1) is 17.5. The maximum Gasteiger partial charge on any atom is 0.221 e. The number of allylic oxidation sites excluding steroid dienone is 2. The number of amides is 1. The molecule has 3 aromatic carbocycles. The van der Waals surface area contributed by atoms with Crippen LogP contribution in [0.15, 0.2) is 67.3 Å². The Bertz CT molecular complexity index is 1030. The van der Waals surface area contributed by atoms with Crippen molar-refractivity contribution in [2.75, 3.05) is 11.1 Å².